The Bertz CT molecular complexity index is 301. The van der Waals surface area contributed by atoms with Gasteiger partial charge in [0.05, 0.1) is 6.61 Å². The third-order valence-corrected chi connectivity index (χ3v) is 5.13. The lowest BCUT2D eigenvalue weighted by Crippen LogP contribution is -2.44. The Balaban J connectivity index is 2.85. The third kappa shape index (κ3) is 3.21. The SMILES string of the molecule is CCOC(=O)N1CCCCC1P(=O)(OC)OC. The Hall–Kier alpha value is -0.580. The first-order valence-electron chi connectivity index (χ1n) is 5.73. The molecule has 0 saturated carbocycles. The molecule has 1 saturated heterocycles. The first-order valence-corrected chi connectivity index (χ1v) is 7.34. The van der Waals surface area contributed by atoms with Gasteiger partial charge in [0.2, 0.25) is 0 Å². The van der Waals surface area contributed by atoms with Crippen LogP contribution >= 0.6 is 7.60 Å². The summed E-state index contributed by atoms with van der Waals surface area (Å²) >= 11 is 0. The molecule has 6 nitrogen and oxygen atoms in total. The standard InChI is InChI=1S/C10H20NO5P/c1-4-16-10(12)11-8-6-5-7-9(11)17(13,14-2)15-3/h9H,4-8H2,1-3H3. The monoisotopic (exact) mass is 265 g/mol. The average Bonchev–Trinajstić information content (AvgIpc) is 2.38. The Morgan fingerprint density at radius 3 is 2.53 bits per heavy atom. The molecule has 0 radical (unpaired) electrons. The zero-order chi connectivity index (χ0) is 12.9. The highest BCUT2D eigenvalue weighted by Gasteiger charge is 2.42. The highest BCUT2D eigenvalue weighted by molar-refractivity contribution is 7.54. The van der Waals surface area contributed by atoms with Gasteiger partial charge in [0.15, 0.2) is 0 Å². The zero-order valence-corrected chi connectivity index (χ0v) is 11.4. The lowest BCUT2D eigenvalue weighted by atomic mass is 10.1. The van der Waals surface area contributed by atoms with E-state index in [0.29, 0.717) is 19.6 Å². The van der Waals surface area contributed by atoms with Crippen LogP contribution in [0.15, 0.2) is 0 Å². The summed E-state index contributed by atoms with van der Waals surface area (Å²) in [5, 5.41) is 0. The van der Waals surface area contributed by atoms with E-state index in [0.717, 1.165) is 12.8 Å². The molecule has 1 rings (SSSR count). The van der Waals surface area contributed by atoms with Crippen molar-refractivity contribution in [3.63, 3.8) is 0 Å². The fourth-order valence-electron chi connectivity index (χ4n) is 1.98. The maximum atomic E-state index is 12.3. The van der Waals surface area contributed by atoms with Gasteiger partial charge in [0, 0.05) is 20.8 Å². The first-order chi connectivity index (χ1) is 8.09. The quantitative estimate of drug-likeness (QED) is 0.730. The minimum Gasteiger partial charge on any atom is -0.450 e. The van der Waals surface area contributed by atoms with Crippen molar-refractivity contribution < 1.29 is 23.1 Å². The topological polar surface area (TPSA) is 65.1 Å². The number of amides is 1. The van der Waals surface area contributed by atoms with Crippen LogP contribution in [0, 0.1) is 0 Å². The van der Waals surface area contributed by atoms with Crippen molar-refractivity contribution in [3.05, 3.63) is 0 Å². The summed E-state index contributed by atoms with van der Waals surface area (Å²) in [4.78, 5) is 13.2. The third-order valence-electron chi connectivity index (χ3n) is 2.85. The van der Waals surface area contributed by atoms with Crippen LogP contribution in [0.1, 0.15) is 26.2 Å². The minimum absolute atomic E-state index is 0.298. The molecule has 17 heavy (non-hydrogen) atoms. The molecule has 0 bridgehead atoms. The van der Waals surface area contributed by atoms with Gasteiger partial charge in [0.25, 0.3) is 0 Å². The summed E-state index contributed by atoms with van der Waals surface area (Å²) in [5.74, 6) is -0.537. The van der Waals surface area contributed by atoms with Crippen LogP contribution in [0.25, 0.3) is 0 Å². The molecule has 0 aliphatic carbocycles. The fourth-order valence-corrected chi connectivity index (χ4v) is 3.67. The van der Waals surface area contributed by atoms with Crippen LogP contribution in [0.2, 0.25) is 0 Å². The Morgan fingerprint density at radius 2 is 2.00 bits per heavy atom. The largest absolute Gasteiger partial charge is 0.450 e. The molecule has 1 unspecified atom stereocenters. The number of nitrogens with zero attached hydrogens (tertiary/aromatic N) is 1. The summed E-state index contributed by atoms with van der Waals surface area (Å²) in [6.45, 7) is 2.57. The number of piperidine rings is 1. The molecule has 1 heterocycles. The van der Waals surface area contributed by atoms with E-state index in [1.165, 1.54) is 19.1 Å². The van der Waals surface area contributed by atoms with Crippen molar-refractivity contribution in [3.8, 4) is 0 Å². The molecule has 0 aromatic heterocycles. The summed E-state index contributed by atoms with van der Waals surface area (Å²) in [6.07, 6.45) is 1.93. The smallest absolute Gasteiger partial charge is 0.410 e. The number of hydrogen-bond acceptors (Lipinski definition) is 5. The Morgan fingerprint density at radius 1 is 1.35 bits per heavy atom. The lowest BCUT2D eigenvalue weighted by molar-refractivity contribution is 0.0841. The predicted molar refractivity (Wildman–Crippen MR) is 63.0 cm³/mol. The lowest BCUT2D eigenvalue weighted by Gasteiger charge is -2.37. The van der Waals surface area contributed by atoms with Crippen molar-refractivity contribution >= 4 is 13.7 Å². The van der Waals surface area contributed by atoms with Crippen LogP contribution in [0.5, 0.6) is 0 Å². The molecule has 1 atom stereocenters. The maximum absolute atomic E-state index is 12.3. The zero-order valence-electron chi connectivity index (χ0n) is 10.5. The van der Waals surface area contributed by atoms with E-state index in [1.807, 2.05) is 0 Å². The van der Waals surface area contributed by atoms with Crippen molar-refractivity contribution in [2.75, 3.05) is 27.4 Å². The van der Waals surface area contributed by atoms with E-state index in [4.69, 9.17) is 13.8 Å². The second-order valence-corrected chi connectivity index (χ2v) is 6.18. The summed E-state index contributed by atoms with van der Waals surface area (Å²) < 4.78 is 27.2. The van der Waals surface area contributed by atoms with Gasteiger partial charge in [-0.1, -0.05) is 0 Å². The highest BCUT2D eigenvalue weighted by atomic mass is 31.2. The number of likely N-dealkylation sites (tertiary alicyclic amines) is 1. The van der Waals surface area contributed by atoms with Crippen LogP contribution in [-0.4, -0.2) is 44.1 Å². The van der Waals surface area contributed by atoms with Crippen molar-refractivity contribution in [1.29, 1.82) is 0 Å². The van der Waals surface area contributed by atoms with E-state index in [1.54, 1.807) is 6.92 Å². The van der Waals surface area contributed by atoms with E-state index >= 15 is 0 Å². The molecular weight excluding hydrogens is 245 g/mol. The Labute approximate surface area is 102 Å². The molecule has 0 aromatic carbocycles. The molecular formula is C10H20NO5P. The van der Waals surface area contributed by atoms with Crippen LogP contribution in [0.4, 0.5) is 4.79 Å². The predicted octanol–water partition coefficient (Wildman–Crippen LogP) is 2.44. The number of hydrogen-bond donors (Lipinski definition) is 0. The molecule has 1 amide bonds. The fraction of sp³-hybridized carbons (Fsp3) is 0.900. The van der Waals surface area contributed by atoms with Gasteiger partial charge in [-0.25, -0.2) is 4.79 Å². The van der Waals surface area contributed by atoms with Crippen molar-refractivity contribution in [2.24, 2.45) is 0 Å². The molecule has 100 valence electrons. The van der Waals surface area contributed by atoms with Crippen LogP contribution in [-0.2, 0) is 18.3 Å². The molecule has 1 aliphatic rings. The van der Waals surface area contributed by atoms with Gasteiger partial charge in [-0.15, -0.1) is 0 Å². The number of rotatable bonds is 4. The summed E-state index contributed by atoms with van der Waals surface area (Å²) in [7, 11) is -0.594. The number of carbonyl (C=O) groups excluding carboxylic acids is 1. The van der Waals surface area contributed by atoms with E-state index in [-0.39, 0.29) is 0 Å². The maximum Gasteiger partial charge on any atom is 0.410 e. The highest BCUT2D eigenvalue weighted by Crippen LogP contribution is 2.55. The average molecular weight is 265 g/mol. The van der Waals surface area contributed by atoms with Gasteiger partial charge in [-0.3, -0.25) is 9.46 Å². The summed E-state index contributed by atoms with van der Waals surface area (Å²) in [5.41, 5.74) is 0. The second-order valence-electron chi connectivity index (χ2n) is 3.77. The number of carbonyl (C=O) groups is 1. The van der Waals surface area contributed by atoms with Gasteiger partial charge in [-0.05, 0) is 26.2 Å². The van der Waals surface area contributed by atoms with E-state index in [9.17, 15) is 9.36 Å². The van der Waals surface area contributed by atoms with Gasteiger partial charge in [-0.2, -0.15) is 0 Å². The first kappa shape index (κ1) is 14.5. The van der Waals surface area contributed by atoms with Crippen LogP contribution in [0.3, 0.4) is 0 Å². The Kier molecular flexibility index (Phi) is 5.43. The molecule has 1 fully saturated rings. The van der Waals surface area contributed by atoms with Gasteiger partial charge in [0.1, 0.15) is 5.78 Å². The molecule has 7 heteroatoms. The molecule has 0 N–H and O–H groups in total. The van der Waals surface area contributed by atoms with Crippen LogP contribution < -0.4 is 0 Å². The number of ether oxygens (including phenoxy) is 1. The second kappa shape index (κ2) is 6.38. The van der Waals surface area contributed by atoms with E-state index < -0.39 is 19.5 Å². The van der Waals surface area contributed by atoms with Crippen molar-refractivity contribution in [1.82, 2.24) is 4.90 Å². The van der Waals surface area contributed by atoms with E-state index in [2.05, 4.69) is 0 Å². The normalized spacial score (nSPS) is 21.4. The summed E-state index contributed by atoms with van der Waals surface area (Å²) in [6, 6.07) is 0. The molecule has 0 aromatic rings. The van der Waals surface area contributed by atoms with Gasteiger partial charge >= 0.3 is 13.7 Å². The van der Waals surface area contributed by atoms with Crippen molar-refractivity contribution in [2.45, 2.75) is 32.0 Å². The van der Waals surface area contributed by atoms with Gasteiger partial charge < -0.3 is 13.8 Å². The minimum atomic E-state index is -3.27. The molecule has 0 spiro atoms. The molecule has 1 aliphatic heterocycles.